The molecule has 0 heterocycles. The minimum atomic E-state index is -1.23. The molecular formula is C17H33N7O5S2. The lowest BCUT2D eigenvalue weighted by atomic mass is 10.1. The molecule has 0 aliphatic carbocycles. The second kappa shape index (κ2) is 15.6. The normalized spacial score (nSPS) is 14.5. The van der Waals surface area contributed by atoms with Gasteiger partial charge in [-0.15, -0.1) is 0 Å². The number of hydrogen-bond acceptors (Lipinski definition) is 8. The van der Waals surface area contributed by atoms with Crippen molar-refractivity contribution in [2.45, 2.75) is 50.4 Å². The molecule has 12 nitrogen and oxygen atoms in total. The van der Waals surface area contributed by atoms with Gasteiger partial charge in [0.05, 0.1) is 6.04 Å². The van der Waals surface area contributed by atoms with Gasteiger partial charge in [0.15, 0.2) is 5.96 Å². The van der Waals surface area contributed by atoms with Gasteiger partial charge in [-0.3, -0.25) is 19.4 Å². The summed E-state index contributed by atoms with van der Waals surface area (Å²) in [6, 6.07) is -3.98. The topological polar surface area (TPSA) is 215 Å². The average molecular weight is 480 g/mol. The van der Waals surface area contributed by atoms with Gasteiger partial charge in [-0.05, 0) is 38.2 Å². The number of guanidine groups is 1. The predicted octanol–water partition coefficient (Wildman–Crippen LogP) is -2.39. The molecule has 3 amide bonds. The molecule has 0 saturated carbocycles. The Labute approximate surface area is 191 Å². The summed E-state index contributed by atoms with van der Waals surface area (Å²) in [6.07, 6.45) is 2.60. The zero-order valence-corrected chi connectivity index (χ0v) is 19.4. The molecule has 10 N–H and O–H groups in total. The number of nitrogens with two attached hydrogens (primary N) is 3. The van der Waals surface area contributed by atoms with E-state index in [2.05, 4.69) is 33.6 Å². The van der Waals surface area contributed by atoms with Gasteiger partial charge in [-0.2, -0.15) is 24.4 Å². The summed E-state index contributed by atoms with van der Waals surface area (Å²) in [4.78, 5) is 52.2. The van der Waals surface area contributed by atoms with Crippen LogP contribution in [0.5, 0.6) is 0 Å². The minimum absolute atomic E-state index is 0.0750. The van der Waals surface area contributed by atoms with Gasteiger partial charge in [0.1, 0.15) is 18.1 Å². The molecule has 14 heteroatoms. The molecule has 4 unspecified atom stereocenters. The van der Waals surface area contributed by atoms with Crippen molar-refractivity contribution >= 4 is 54.0 Å². The summed E-state index contributed by atoms with van der Waals surface area (Å²) in [5.74, 6) is -2.62. The highest BCUT2D eigenvalue weighted by atomic mass is 32.2. The first kappa shape index (κ1) is 28.8. The van der Waals surface area contributed by atoms with Crippen LogP contribution in [-0.4, -0.2) is 83.2 Å². The number of nitrogens with zero attached hydrogens (tertiary/aromatic N) is 1. The van der Waals surface area contributed by atoms with E-state index in [1.807, 2.05) is 6.26 Å². The molecule has 4 atom stereocenters. The lowest BCUT2D eigenvalue weighted by Crippen LogP contribution is -2.57. The van der Waals surface area contributed by atoms with E-state index in [1.54, 1.807) is 0 Å². The third kappa shape index (κ3) is 12.3. The van der Waals surface area contributed by atoms with Crippen molar-refractivity contribution in [1.29, 1.82) is 0 Å². The minimum Gasteiger partial charge on any atom is -0.480 e. The Balaban J connectivity index is 5.04. The molecule has 0 bridgehead atoms. The molecule has 0 radical (unpaired) electrons. The molecule has 0 saturated heterocycles. The Morgan fingerprint density at radius 3 is 2.03 bits per heavy atom. The number of hydrogen-bond donors (Lipinski definition) is 8. The Morgan fingerprint density at radius 2 is 1.55 bits per heavy atom. The van der Waals surface area contributed by atoms with Crippen molar-refractivity contribution in [3.05, 3.63) is 0 Å². The number of carbonyl (C=O) groups excluding carboxylic acids is 3. The van der Waals surface area contributed by atoms with Crippen LogP contribution in [0.2, 0.25) is 0 Å². The third-order valence-electron chi connectivity index (χ3n) is 4.03. The van der Waals surface area contributed by atoms with E-state index in [1.165, 1.54) is 18.7 Å². The summed E-state index contributed by atoms with van der Waals surface area (Å²) in [6.45, 7) is 1.70. The maximum absolute atomic E-state index is 12.6. The van der Waals surface area contributed by atoms with Crippen LogP contribution < -0.4 is 33.2 Å². The highest BCUT2D eigenvalue weighted by Crippen LogP contribution is 2.04. The second-order valence-corrected chi connectivity index (χ2v) is 8.07. The number of thioether (sulfide) groups is 1. The van der Waals surface area contributed by atoms with E-state index in [4.69, 9.17) is 17.2 Å². The number of carbonyl (C=O) groups is 4. The standard InChI is InChI=1S/C17H33N7O5S2/c1-9(18)13(25)22-10(5-7-31-2)14(26)24-12(8-30)15(27)23-11(16(28)29)4-3-6-21-17(19)20/h9-12,30H,3-8,18H2,1-2H3,(H,22,25)(H,23,27)(H,24,26)(H,28,29)(H4,19,20,21). The highest BCUT2D eigenvalue weighted by molar-refractivity contribution is 7.98. The van der Waals surface area contributed by atoms with Gasteiger partial charge in [0.2, 0.25) is 17.7 Å². The van der Waals surface area contributed by atoms with E-state index in [0.29, 0.717) is 18.6 Å². The number of nitrogens with one attached hydrogen (secondary N) is 3. The van der Waals surface area contributed by atoms with Crippen molar-refractivity contribution in [2.75, 3.05) is 24.3 Å². The molecule has 0 spiro atoms. The lowest BCUT2D eigenvalue weighted by molar-refractivity contribution is -0.142. The molecular weight excluding hydrogens is 446 g/mol. The average Bonchev–Trinajstić information content (AvgIpc) is 2.70. The fourth-order valence-corrected chi connectivity index (χ4v) is 3.04. The summed E-state index contributed by atoms with van der Waals surface area (Å²) in [5, 5.41) is 16.8. The van der Waals surface area contributed by atoms with Crippen LogP contribution in [0, 0.1) is 0 Å². The maximum Gasteiger partial charge on any atom is 0.326 e. The largest absolute Gasteiger partial charge is 0.480 e. The highest BCUT2D eigenvalue weighted by Gasteiger charge is 2.29. The summed E-state index contributed by atoms with van der Waals surface area (Å²) >= 11 is 5.56. The Morgan fingerprint density at radius 1 is 1.00 bits per heavy atom. The Hall–Kier alpha value is -2.19. The van der Waals surface area contributed by atoms with Gasteiger partial charge in [-0.1, -0.05) is 0 Å². The van der Waals surface area contributed by atoms with E-state index < -0.39 is 47.9 Å². The number of carboxylic acid groups (broad SMARTS) is 1. The van der Waals surface area contributed by atoms with Gasteiger partial charge in [0, 0.05) is 12.3 Å². The van der Waals surface area contributed by atoms with E-state index in [-0.39, 0.29) is 24.7 Å². The number of amides is 3. The first-order chi connectivity index (χ1) is 14.5. The molecule has 0 aromatic carbocycles. The van der Waals surface area contributed by atoms with Gasteiger partial charge < -0.3 is 38.3 Å². The number of rotatable bonds is 15. The van der Waals surface area contributed by atoms with Crippen LogP contribution in [0.4, 0.5) is 0 Å². The molecule has 0 aliphatic heterocycles. The van der Waals surface area contributed by atoms with Gasteiger partial charge in [-0.25, -0.2) is 4.79 Å². The number of aliphatic carboxylic acids is 1. The summed E-state index contributed by atoms with van der Waals surface area (Å²) in [5.41, 5.74) is 16.0. The van der Waals surface area contributed by atoms with Crippen molar-refractivity contribution in [2.24, 2.45) is 22.2 Å². The van der Waals surface area contributed by atoms with Crippen LogP contribution in [0.15, 0.2) is 4.99 Å². The monoisotopic (exact) mass is 479 g/mol. The predicted molar refractivity (Wildman–Crippen MR) is 124 cm³/mol. The molecule has 0 aromatic rings. The number of aliphatic imine (C=N–C) groups is 1. The zero-order chi connectivity index (χ0) is 24.0. The van der Waals surface area contributed by atoms with Gasteiger partial charge in [0.25, 0.3) is 0 Å². The van der Waals surface area contributed by atoms with Crippen LogP contribution >= 0.6 is 24.4 Å². The van der Waals surface area contributed by atoms with E-state index >= 15 is 0 Å². The fourth-order valence-electron chi connectivity index (χ4n) is 2.31. The summed E-state index contributed by atoms with van der Waals surface area (Å²) < 4.78 is 0. The molecule has 178 valence electrons. The first-order valence-electron chi connectivity index (χ1n) is 9.58. The van der Waals surface area contributed by atoms with Crippen LogP contribution in [0.3, 0.4) is 0 Å². The number of thiol groups is 1. The zero-order valence-electron chi connectivity index (χ0n) is 17.7. The second-order valence-electron chi connectivity index (χ2n) is 6.72. The molecule has 0 fully saturated rings. The SMILES string of the molecule is CSCCC(NC(=O)C(C)N)C(=O)NC(CS)C(=O)NC(CCCN=C(N)N)C(=O)O. The van der Waals surface area contributed by atoms with Crippen LogP contribution in [0.1, 0.15) is 26.2 Å². The third-order valence-corrected chi connectivity index (χ3v) is 5.04. The Bertz CT molecular complexity index is 644. The van der Waals surface area contributed by atoms with Crippen molar-refractivity contribution in [1.82, 2.24) is 16.0 Å². The van der Waals surface area contributed by atoms with Crippen molar-refractivity contribution in [3.63, 3.8) is 0 Å². The molecule has 0 aromatic heterocycles. The number of carboxylic acids is 1. The van der Waals surface area contributed by atoms with Crippen molar-refractivity contribution in [3.8, 4) is 0 Å². The fraction of sp³-hybridized carbons (Fsp3) is 0.706. The lowest BCUT2D eigenvalue weighted by Gasteiger charge is -2.24. The smallest absolute Gasteiger partial charge is 0.326 e. The van der Waals surface area contributed by atoms with Gasteiger partial charge >= 0.3 is 5.97 Å². The Kier molecular flexibility index (Phi) is 14.5. The van der Waals surface area contributed by atoms with Crippen molar-refractivity contribution < 1.29 is 24.3 Å². The first-order valence-corrected chi connectivity index (χ1v) is 11.6. The van der Waals surface area contributed by atoms with Crippen LogP contribution in [-0.2, 0) is 19.2 Å². The molecule has 0 aliphatic rings. The molecule has 0 rings (SSSR count). The van der Waals surface area contributed by atoms with E-state index in [9.17, 15) is 24.3 Å². The molecule has 31 heavy (non-hydrogen) atoms. The van der Waals surface area contributed by atoms with Crippen LogP contribution in [0.25, 0.3) is 0 Å². The quantitative estimate of drug-likeness (QED) is 0.0543. The van der Waals surface area contributed by atoms with E-state index in [0.717, 1.165) is 0 Å². The summed E-state index contributed by atoms with van der Waals surface area (Å²) in [7, 11) is 0. The maximum atomic E-state index is 12.6.